The van der Waals surface area contributed by atoms with Gasteiger partial charge in [-0.1, -0.05) is 67.6 Å². The summed E-state index contributed by atoms with van der Waals surface area (Å²) in [4.78, 5) is 37.9. The van der Waals surface area contributed by atoms with Gasteiger partial charge >= 0.3 is 12.1 Å². The molecule has 2 amide bonds. The number of aliphatic carboxylic acids is 1. The highest BCUT2D eigenvalue weighted by Gasteiger charge is 2.31. The average Bonchev–Trinajstić information content (AvgIpc) is 3.16. The van der Waals surface area contributed by atoms with E-state index in [1.165, 1.54) is 16.0 Å². The Balaban J connectivity index is 1.32. The molecule has 0 radical (unpaired) electrons. The van der Waals surface area contributed by atoms with Gasteiger partial charge in [0.25, 0.3) is 0 Å². The molecule has 34 heavy (non-hydrogen) atoms. The molecule has 0 saturated heterocycles. The fourth-order valence-corrected chi connectivity index (χ4v) is 4.88. The maximum atomic E-state index is 12.8. The van der Waals surface area contributed by atoms with Crippen LogP contribution in [0.5, 0.6) is 0 Å². The van der Waals surface area contributed by atoms with Crippen molar-refractivity contribution in [2.24, 2.45) is 11.8 Å². The summed E-state index contributed by atoms with van der Waals surface area (Å²) >= 11 is 0. The molecule has 4 rings (SSSR count). The molecule has 0 aliphatic heterocycles. The Bertz CT molecular complexity index is 1070. The first-order valence-corrected chi connectivity index (χ1v) is 11.6. The Morgan fingerprint density at radius 3 is 2.32 bits per heavy atom. The molecular weight excluding hydrogens is 432 g/mol. The van der Waals surface area contributed by atoms with E-state index >= 15 is 0 Å². The number of carbonyl (C=O) groups is 3. The second-order valence-electron chi connectivity index (χ2n) is 9.13. The van der Waals surface area contributed by atoms with Crippen molar-refractivity contribution in [3.05, 3.63) is 71.8 Å². The van der Waals surface area contributed by atoms with Gasteiger partial charge in [0.1, 0.15) is 6.61 Å². The molecule has 2 aromatic carbocycles. The molecule has 2 N–H and O–H groups in total. The zero-order valence-electron chi connectivity index (χ0n) is 19.4. The number of hydrogen-bond acceptors (Lipinski definition) is 4. The molecule has 0 saturated carbocycles. The van der Waals surface area contributed by atoms with Crippen molar-refractivity contribution in [2.45, 2.75) is 31.7 Å². The summed E-state index contributed by atoms with van der Waals surface area (Å²) in [5, 5.41) is 12.0. The van der Waals surface area contributed by atoms with Crippen molar-refractivity contribution < 1.29 is 24.2 Å². The predicted octanol–water partition coefficient (Wildman–Crippen LogP) is 4.04. The molecule has 2 aromatic rings. The lowest BCUT2D eigenvalue weighted by Gasteiger charge is -2.29. The highest BCUT2D eigenvalue weighted by Crippen LogP contribution is 2.44. The van der Waals surface area contributed by atoms with Crippen LogP contribution in [0.2, 0.25) is 0 Å². The Labute approximate surface area is 199 Å². The lowest BCUT2D eigenvalue weighted by Crippen LogP contribution is -2.43. The van der Waals surface area contributed by atoms with E-state index in [9.17, 15) is 14.4 Å². The van der Waals surface area contributed by atoms with Crippen molar-refractivity contribution >= 4 is 18.0 Å². The molecule has 178 valence electrons. The Morgan fingerprint density at radius 2 is 1.71 bits per heavy atom. The SMILES string of the molecule is CC(CN(C)C(=O)[C@@H]1CC=C[C@@H](NC(=O)OCC2c3ccccc3-c3ccccc32)C1)C(=O)O. The first-order valence-electron chi connectivity index (χ1n) is 11.6. The van der Waals surface area contributed by atoms with E-state index in [4.69, 9.17) is 9.84 Å². The highest BCUT2D eigenvalue weighted by molar-refractivity contribution is 5.81. The average molecular weight is 463 g/mol. The molecule has 7 nitrogen and oxygen atoms in total. The summed E-state index contributed by atoms with van der Waals surface area (Å²) in [6, 6.07) is 16.0. The standard InChI is InChI=1S/C27H30N2O5/c1-17(26(31)32)15-29(2)25(30)18-8-7-9-19(14-18)28-27(33)34-16-24-22-12-5-3-10-20(22)21-11-4-6-13-23(21)24/h3-7,9-13,17-19,24H,8,14-16H2,1-2H3,(H,28,33)(H,31,32)/t17?,18-,19-/m1/s1. The van der Waals surface area contributed by atoms with Crippen molar-refractivity contribution in [1.82, 2.24) is 10.2 Å². The topological polar surface area (TPSA) is 95.9 Å². The van der Waals surface area contributed by atoms with Crippen LogP contribution in [0.15, 0.2) is 60.7 Å². The maximum Gasteiger partial charge on any atom is 0.407 e. The van der Waals surface area contributed by atoms with Crippen LogP contribution in [0.3, 0.4) is 0 Å². The number of fused-ring (bicyclic) bond motifs is 3. The van der Waals surface area contributed by atoms with Crippen LogP contribution in [-0.2, 0) is 14.3 Å². The first kappa shape index (κ1) is 23.5. The van der Waals surface area contributed by atoms with Gasteiger partial charge in [-0.25, -0.2) is 4.79 Å². The summed E-state index contributed by atoms with van der Waals surface area (Å²) in [5.74, 6) is -2.01. The van der Waals surface area contributed by atoms with Gasteiger partial charge in [0.05, 0.1) is 12.0 Å². The maximum absolute atomic E-state index is 12.8. The fraction of sp³-hybridized carbons (Fsp3) is 0.370. The third-order valence-electron chi connectivity index (χ3n) is 6.67. The monoisotopic (exact) mass is 462 g/mol. The molecule has 2 aliphatic rings. The molecule has 0 fully saturated rings. The molecular formula is C27H30N2O5. The Kier molecular flexibility index (Phi) is 7.01. The van der Waals surface area contributed by atoms with E-state index in [1.807, 2.05) is 36.4 Å². The molecule has 1 unspecified atom stereocenters. The van der Waals surface area contributed by atoms with Crippen molar-refractivity contribution in [3.8, 4) is 11.1 Å². The first-order chi connectivity index (χ1) is 16.3. The number of alkyl carbamates (subject to hydrolysis) is 1. The van der Waals surface area contributed by atoms with Crippen molar-refractivity contribution in [1.29, 1.82) is 0 Å². The van der Waals surface area contributed by atoms with E-state index in [0.717, 1.165) is 11.1 Å². The molecule has 0 bridgehead atoms. The number of allylic oxidation sites excluding steroid dienone is 1. The Hall–Kier alpha value is -3.61. The van der Waals surface area contributed by atoms with Gasteiger partial charge in [-0.3, -0.25) is 9.59 Å². The van der Waals surface area contributed by atoms with Gasteiger partial charge in [-0.05, 0) is 35.1 Å². The van der Waals surface area contributed by atoms with Gasteiger partial charge in [-0.15, -0.1) is 0 Å². The fourth-order valence-electron chi connectivity index (χ4n) is 4.88. The predicted molar refractivity (Wildman–Crippen MR) is 128 cm³/mol. The summed E-state index contributed by atoms with van der Waals surface area (Å²) < 4.78 is 5.62. The second-order valence-corrected chi connectivity index (χ2v) is 9.13. The van der Waals surface area contributed by atoms with Crippen molar-refractivity contribution in [2.75, 3.05) is 20.2 Å². The third kappa shape index (κ3) is 4.98. The van der Waals surface area contributed by atoms with Gasteiger partial charge in [0.15, 0.2) is 0 Å². The van der Waals surface area contributed by atoms with Gasteiger partial charge in [0, 0.05) is 25.4 Å². The van der Waals surface area contributed by atoms with Crippen LogP contribution in [0.4, 0.5) is 4.79 Å². The summed E-state index contributed by atoms with van der Waals surface area (Å²) in [6.07, 6.45) is 4.26. The minimum atomic E-state index is -0.932. The van der Waals surface area contributed by atoms with Crippen LogP contribution in [0, 0.1) is 11.8 Å². The normalized spacial score (nSPS) is 19.6. The molecule has 2 aliphatic carbocycles. The minimum Gasteiger partial charge on any atom is -0.481 e. The summed E-state index contributed by atoms with van der Waals surface area (Å²) in [7, 11) is 1.62. The molecule has 0 spiro atoms. The third-order valence-corrected chi connectivity index (χ3v) is 6.67. The number of carboxylic acid groups (broad SMARTS) is 1. The number of hydrogen-bond donors (Lipinski definition) is 2. The van der Waals surface area contributed by atoms with Crippen LogP contribution in [0.1, 0.15) is 36.8 Å². The Morgan fingerprint density at radius 1 is 1.09 bits per heavy atom. The number of carbonyl (C=O) groups excluding carboxylic acids is 2. The van der Waals surface area contributed by atoms with Gasteiger partial charge in [-0.2, -0.15) is 0 Å². The van der Waals surface area contributed by atoms with Crippen molar-refractivity contribution in [3.63, 3.8) is 0 Å². The summed E-state index contributed by atoms with van der Waals surface area (Å²) in [5.41, 5.74) is 4.65. The minimum absolute atomic E-state index is 0.0146. The molecule has 3 atom stereocenters. The lowest BCUT2D eigenvalue weighted by atomic mass is 9.89. The van der Waals surface area contributed by atoms with Gasteiger partial charge < -0.3 is 20.1 Å². The molecule has 0 aromatic heterocycles. The molecule has 0 heterocycles. The number of nitrogens with one attached hydrogen (secondary N) is 1. The highest BCUT2D eigenvalue weighted by atomic mass is 16.5. The number of amides is 2. The van der Waals surface area contributed by atoms with Crippen LogP contribution >= 0.6 is 0 Å². The smallest absolute Gasteiger partial charge is 0.407 e. The zero-order valence-corrected chi connectivity index (χ0v) is 19.4. The summed E-state index contributed by atoms with van der Waals surface area (Å²) in [6.45, 7) is 1.96. The number of ether oxygens (including phenoxy) is 1. The van der Waals surface area contributed by atoms with Crippen LogP contribution in [0.25, 0.3) is 11.1 Å². The van der Waals surface area contributed by atoms with E-state index in [1.54, 1.807) is 14.0 Å². The quantitative estimate of drug-likeness (QED) is 0.606. The van der Waals surface area contributed by atoms with Crippen LogP contribution in [-0.4, -0.2) is 54.2 Å². The van der Waals surface area contributed by atoms with Crippen LogP contribution < -0.4 is 5.32 Å². The second kappa shape index (κ2) is 10.1. The number of nitrogens with zero attached hydrogens (tertiary/aromatic N) is 1. The largest absolute Gasteiger partial charge is 0.481 e. The van der Waals surface area contributed by atoms with E-state index in [2.05, 4.69) is 29.6 Å². The lowest BCUT2D eigenvalue weighted by molar-refractivity contribution is -0.143. The van der Waals surface area contributed by atoms with E-state index < -0.39 is 18.0 Å². The number of rotatable bonds is 7. The number of carboxylic acids is 1. The van der Waals surface area contributed by atoms with E-state index in [-0.39, 0.29) is 36.9 Å². The number of benzene rings is 2. The molecule has 7 heteroatoms. The van der Waals surface area contributed by atoms with E-state index in [0.29, 0.717) is 12.8 Å². The zero-order chi connectivity index (χ0) is 24.2. The van der Waals surface area contributed by atoms with Gasteiger partial charge in [0.2, 0.25) is 5.91 Å².